The summed E-state index contributed by atoms with van der Waals surface area (Å²) in [6.45, 7) is 15.7. The molecule has 3 nitrogen and oxygen atoms in total. The van der Waals surface area contributed by atoms with Crippen LogP contribution in [0.25, 0.3) is 0 Å². The van der Waals surface area contributed by atoms with E-state index in [1.54, 1.807) is 0 Å². The van der Waals surface area contributed by atoms with Gasteiger partial charge in [-0.25, -0.2) is 0 Å². The zero-order chi connectivity index (χ0) is 11.7. The van der Waals surface area contributed by atoms with E-state index in [0.717, 1.165) is 32.7 Å². The molecule has 0 unspecified atom stereocenters. The highest BCUT2D eigenvalue weighted by molar-refractivity contribution is 4.60. The zero-order valence-corrected chi connectivity index (χ0v) is 11.2. The summed E-state index contributed by atoms with van der Waals surface area (Å²) in [4.78, 5) is 4.81. The molecule has 0 rings (SSSR count). The molecule has 0 fully saturated rings. The van der Waals surface area contributed by atoms with E-state index < -0.39 is 0 Å². The summed E-state index contributed by atoms with van der Waals surface area (Å²) < 4.78 is 0. The van der Waals surface area contributed by atoms with E-state index in [9.17, 15) is 0 Å². The van der Waals surface area contributed by atoms with Crippen LogP contribution >= 0.6 is 0 Å². The third-order valence-electron chi connectivity index (χ3n) is 3.02. The summed E-state index contributed by atoms with van der Waals surface area (Å²) in [6.07, 6.45) is 0. The lowest BCUT2D eigenvalue weighted by atomic mass is 10.3. The number of rotatable bonds is 9. The molecule has 0 saturated carbocycles. The van der Waals surface area contributed by atoms with Gasteiger partial charge in [-0.1, -0.05) is 13.8 Å². The van der Waals surface area contributed by atoms with Gasteiger partial charge in [0.15, 0.2) is 0 Å². The SMILES string of the molecule is CCN(CC)CCNCCN(C)C(C)C. The fourth-order valence-corrected chi connectivity index (χ4v) is 1.42. The van der Waals surface area contributed by atoms with Gasteiger partial charge in [0.1, 0.15) is 0 Å². The summed E-state index contributed by atoms with van der Waals surface area (Å²) in [5.74, 6) is 0. The lowest BCUT2D eigenvalue weighted by molar-refractivity contribution is 0.265. The molecule has 0 spiro atoms. The zero-order valence-electron chi connectivity index (χ0n) is 11.2. The third-order valence-corrected chi connectivity index (χ3v) is 3.02. The van der Waals surface area contributed by atoms with Crippen LogP contribution in [-0.4, -0.2) is 62.2 Å². The highest BCUT2D eigenvalue weighted by Gasteiger charge is 2.02. The van der Waals surface area contributed by atoms with Crippen molar-refractivity contribution in [3.8, 4) is 0 Å². The van der Waals surface area contributed by atoms with Crippen LogP contribution < -0.4 is 5.32 Å². The van der Waals surface area contributed by atoms with E-state index in [4.69, 9.17) is 0 Å². The van der Waals surface area contributed by atoms with Gasteiger partial charge in [0.25, 0.3) is 0 Å². The molecule has 3 heteroatoms. The van der Waals surface area contributed by atoms with Crippen LogP contribution in [0.4, 0.5) is 0 Å². The number of nitrogens with one attached hydrogen (secondary N) is 1. The van der Waals surface area contributed by atoms with E-state index in [0.29, 0.717) is 6.04 Å². The largest absolute Gasteiger partial charge is 0.314 e. The van der Waals surface area contributed by atoms with Crippen molar-refractivity contribution in [2.45, 2.75) is 33.7 Å². The van der Waals surface area contributed by atoms with Gasteiger partial charge in [0.2, 0.25) is 0 Å². The van der Waals surface area contributed by atoms with Gasteiger partial charge >= 0.3 is 0 Å². The van der Waals surface area contributed by atoms with E-state index in [1.807, 2.05) is 0 Å². The van der Waals surface area contributed by atoms with Gasteiger partial charge in [0, 0.05) is 32.2 Å². The molecule has 0 bridgehead atoms. The first kappa shape index (κ1) is 14.9. The molecular formula is C12H29N3. The summed E-state index contributed by atoms with van der Waals surface area (Å²) >= 11 is 0. The van der Waals surface area contributed by atoms with Crippen LogP contribution in [0.5, 0.6) is 0 Å². The Labute approximate surface area is 95.8 Å². The Bertz CT molecular complexity index is 129. The molecule has 0 aliphatic carbocycles. The quantitative estimate of drug-likeness (QED) is 0.584. The molecule has 0 aliphatic heterocycles. The molecule has 0 heterocycles. The second kappa shape index (κ2) is 9.13. The third kappa shape index (κ3) is 7.77. The number of hydrogen-bond acceptors (Lipinski definition) is 3. The fourth-order valence-electron chi connectivity index (χ4n) is 1.42. The minimum absolute atomic E-state index is 0.648. The molecule has 15 heavy (non-hydrogen) atoms. The Balaban J connectivity index is 3.31. The fraction of sp³-hybridized carbons (Fsp3) is 1.00. The second-order valence-electron chi connectivity index (χ2n) is 4.35. The van der Waals surface area contributed by atoms with Gasteiger partial charge in [-0.3, -0.25) is 0 Å². The Morgan fingerprint density at radius 2 is 1.53 bits per heavy atom. The van der Waals surface area contributed by atoms with Crippen LogP contribution in [0, 0.1) is 0 Å². The Morgan fingerprint density at radius 1 is 1.00 bits per heavy atom. The van der Waals surface area contributed by atoms with Gasteiger partial charge in [-0.2, -0.15) is 0 Å². The lowest BCUT2D eigenvalue weighted by Crippen LogP contribution is -2.37. The Hall–Kier alpha value is -0.120. The van der Waals surface area contributed by atoms with Crippen molar-refractivity contribution >= 4 is 0 Å². The van der Waals surface area contributed by atoms with Crippen molar-refractivity contribution in [3.63, 3.8) is 0 Å². The normalized spacial score (nSPS) is 12.0. The first-order valence-electron chi connectivity index (χ1n) is 6.25. The molecule has 0 amide bonds. The van der Waals surface area contributed by atoms with E-state index in [-0.39, 0.29) is 0 Å². The van der Waals surface area contributed by atoms with Crippen LogP contribution in [0.1, 0.15) is 27.7 Å². The second-order valence-corrected chi connectivity index (χ2v) is 4.35. The monoisotopic (exact) mass is 215 g/mol. The van der Waals surface area contributed by atoms with Crippen molar-refractivity contribution in [1.29, 1.82) is 0 Å². The molecule has 0 aromatic rings. The average Bonchev–Trinajstić information content (AvgIpc) is 2.23. The maximum atomic E-state index is 3.49. The van der Waals surface area contributed by atoms with Crippen LogP contribution in [-0.2, 0) is 0 Å². The number of likely N-dealkylation sites (N-methyl/N-ethyl adjacent to an activating group) is 2. The Kier molecular flexibility index (Phi) is 9.06. The molecule has 1 N–H and O–H groups in total. The van der Waals surface area contributed by atoms with Gasteiger partial charge < -0.3 is 15.1 Å². The van der Waals surface area contributed by atoms with E-state index in [1.165, 1.54) is 6.54 Å². The first-order chi connectivity index (χ1) is 7.11. The summed E-state index contributed by atoms with van der Waals surface area (Å²) in [5.41, 5.74) is 0. The molecular weight excluding hydrogens is 186 g/mol. The summed E-state index contributed by atoms with van der Waals surface area (Å²) in [6, 6.07) is 0.648. The molecule has 0 aromatic heterocycles. The van der Waals surface area contributed by atoms with E-state index >= 15 is 0 Å². The molecule has 0 radical (unpaired) electrons. The highest BCUT2D eigenvalue weighted by atomic mass is 15.1. The summed E-state index contributed by atoms with van der Waals surface area (Å²) in [5, 5.41) is 3.49. The molecule has 0 saturated heterocycles. The van der Waals surface area contributed by atoms with Crippen LogP contribution in [0.2, 0.25) is 0 Å². The van der Waals surface area contributed by atoms with Gasteiger partial charge in [-0.15, -0.1) is 0 Å². The number of hydrogen-bond donors (Lipinski definition) is 1. The smallest absolute Gasteiger partial charge is 0.0107 e. The van der Waals surface area contributed by atoms with Gasteiger partial charge in [0.05, 0.1) is 0 Å². The van der Waals surface area contributed by atoms with Crippen molar-refractivity contribution in [2.24, 2.45) is 0 Å². The van der Waals surface area contributed by atoms with Gasteiger partial charge in [-0.05, 0) is 34.0 Å². The molecule has 0 atom stereocenters. The van der Waals surface area contributed by atoms with Crippen molar-refractivity contribution in [2.75, 3.05) is 46.3 Å². The maximum absolute atomic E-state index is 3.49. The molecule has 0 aromatic carbocycles. The lowest BCUT2D eigenvalue weighted by Gasteiger charge is -2.22. The Morgan fingerprint density at radius 3 is 2.00 bits per heavy atom. The van der Waals surface area contributed by atoms with Crippen molar-refractivity contribution in [3.05, 3.63) is 0 Å². The van der Waals surface area contributed by atoms with E-state index in [2.05, 4.69) is 49.9 Å². The van der Waals surface area contributed by atoms with Crippen LogP contribution in [0.15, 0.2) is 0 Å². The highest BCUT2D eigenvalue weighted by Crippen LogP contribution is 1.90. The van der Waals surface area contributed by atoms with Crippen LogP contribution in [0.3, 0.4) is 0 Å². The first-order valence-corrected chi connectivity index (χ1v) is 6.25. The predicted molar refractivity (Wildman–Crippen MR) is 68.4 cm³/mol. The van der Waals surface area contributed by atoms with Crippen molar-refractivity contribution in [1.82, 2.24) is 15.1 Å². The number of nitrogens with zero attached hydrogens (tertiary/aromatic N) is 2. The predicted octanol–water partition coefficient (Wildman–Crippen LogP) is 1.26. The standard InChI is InChI=1S/C12H29N3/c1-6-15(7-2)11-9-13-8-10-14(5)12(3)4/h12-13H,6-11H2,1-5H3. The minimum Gasteiger partial charge on any atom is -0.314 e. The maximum Gasteiger partial charge on any atom is 0.0107 e. The summed E-state index contributed by atoms with van der Waals surface area (Å²) in [7, 11) is 2.18. The topological polar surface area (TPSA) is 18.5 Å². The van der Waals surface area contributed by atoms with Crippen molar-refractivity contribution < 1.29 is 0 Å². The average molecular weight is 215 g/mol. The minimum atomic E-state index is 0.648. The molecule has 0 aliphatic rings. The molecule has 92 valence electrons.